The number of anilines is 2. The molecule has 1 N–H and O–H groups in total. The summed E-state index contributed by atoms with van der Waals surface area (Å²) in [5, 5.41) is 2.63. The van der Waals surface area contributed by atoms with Crippen LogP contribution in [-0.4, -0.2) is 45.9 Å². The van der Waals surface area contributed by atoms with Crippen LogP contribution in [0.2, 0.25) is 0 Å². The number of aromatic nitrogens is 1. The van der Waals surface area contributed by atoms with Gasteiger partial charge in [-0.05, 0) is 31.2 Å². The molecule has 1 aromatic heterocycles. The topological polar surface area (TPSA) is 115 Å². The Morgan fingerprint density at radius 1 is 0.970 bits per heavy atom. The molecule has 0 saturated heterocycles. The van der Waals surface area contributed by atoms with E-state index in [4.69, 9.17) is 9.47 Å². The number of para-hydroxylation sites is 2. The maximum absolute atomic E-state index is 13.6. The Hall–Kier alpha value is -3.92. The first kappa shape index (κ1) is 23.7. The number of ketones is 1. The van der Waals surface area contributed by atoms with Gasteiger partial charge in [0.2, 0.25) is 5.91 Å². The predicted octanol–water partition coefficient (Wildman–Crippen LogP) is 3.14. The fraction of sp³-hybridized carbons (Fsp3) is 0.174. The lowest BCUT2D eigenvalue weighted by Crippen LogP contribution is -2.38. The maximum atomic E-state index is 13.6. The Balaban J connectivity index is 2.01. The number of methoxy groups -OCH3 is 2. The van der Waals surface area contributed by atoms with Crippen LogP contribution in [0.3, 0.4) is 0 Å². The van der Waals surface area contributed by atoms with Crippen molar-refractivity contribution in [3.63, 3.8) is 0 Å². The van der Waals surface area contributed by atoms with E-state index < -0.39 is 22.5 Å². The second-order valence-corrected chi connectivity index (χ2v) is 8.75. The molecule has 33 heavy (non-hydrogen) atoms. The zero-order valence-corrected chi connectivity index (χ0v) is 19.1. The van der Waals surface area contributed by atoms with E-state index in [9.17, 15) is 18.0 Å². The molecule has 10 heteroatoms. The lowest BCUT2D eigenvalue weighted by molar-refractivity contribution is -0.114. The summed E-state index contributed by atoms with van der Waals surface area (Å²) in [6.45, 7) is 0.844. The molecule has 9 nitrogen and oxygen atoms in total. The van der Waals surface area contributed by atoms with E-state index in [-0.39, 0.29) is 22.1 Å². The van der Waals surface area contributed by atoms with E-state index >= 15 is 0 Å². The Bertz CT molecular complexity index is 1260. The molecule has 0 spiro atoms. The molecule has 0 aliphatic carbocycles. The highest BCUT2D eigenvalue weighted by molar-refractivity contribution is 7.92. The van der Waals surface area contributed by atoms with Gasteiger partial charge >= 0.3 is 0 Å². The molecule has 0 aliphatic heterocycles. The number of Topliss-reactive ketones (excluding diaryl/α,β-unsaturated/α-hetero) is 1. The number of hydrogen-bond acceptors (Lipinski definition) is 7. The molecular formula is C23H23N3O6S. The number of amides is 1. The molecular weight excluding hydrogens is 446 g/mol. The largest absolute Gasteiger partial charge is 0.495 e. The smallest absolute Gasteiger partial charge is 0.264 e. The van der Waals surface area contributed by atoms with Crippen LogP contribution in [0, 0.1) is 0 Å². The highest BCUT2D eigenvalue weighted by Crippen LogP contribution is 2.32. The van der Waals surface area contributed by atoms with Crippen molar-refractivity contribution in [2.75, 3.05) is 30.4 Å². The lowest BCUT2D eigenvalue weighted by atomic mass is 10.2. The molecule has 0 aliphatic rings. The molecule has 1 heterocycles. The van der Waals surface area contributed by atoms with Crippen molar-refractivity contribution in [3.8, 4) is 11.5 Å². The average Bonchev–Trinajstić information content (AvgIpc) is 2.82. The van der Waals surface area contributed by atoms with Crippen LogP contribution in [0.25, 0.3) is 0 Å². The summed E-state index contributed by atoms with van der Waals surface area (Å²) < 4.78 is 38.6. The van der Waals surface area contributed by atoms with Crippen molar-refractivity contribution in [1.82, 2.24) is 4.98 Å². The van der Waals surface area contributed by atoms with Crippen molar-refractivity contribution in [2.45, 2.75) is 11.8 Å². The standard InChI is InChI=1S/C23H23N3O6S/c1-16(27)17-8-10-18(11-9-17)33(29,30)26(20-6-4-5-7-22(20)32-3)15-23(28)25-19-14-24-13-12-21(19)31-2/h4-14H,15H2,1-3H3,(H,25,28). The summed E-state index contributed by atoms with van der Waals surface area (Å²) >= 11 is 0. The fourth-order valence-electron chi connectivity index (χ4n) is 3.10. The molecule has 3 aromatic rings. The summed E-state index contributed by atoms with van der Waals surface area (Å²) in [5.41, 5.74) is 0.858. The van der Waals surface area contributed by atoms with Crippen LogP contribution >= 0.6 is 0 Å². The summed E-state index contributed by atoms with van der Waals surface area (Å²) in [6.07, 6.45) is 2.91. The summed E-state index contributed by atoms with van der Waals surface area (Å²) in [6, 6.07) is 13.5. The number of nitrogens with one attached hydrogen (secondary N) is 1. The van der Waals surface area contributed by atoms with Crippen molar-refractivity contribution >= 4 is 33.1 Å². The number of sulfonamides is 1. The Morgan fingerprint density at radius 2 is 1.64 bits per heavy atom. The van der Waals surface area contributed by atoms with E-state index in [0.717, 1.165) is 4.31 Å². The number of nitrogens with zero attached hydrogens (tertiary/aromatic N) is 2. The van der Waals surface area contributed by atoms with Crippen LogP contribution in [0.15, 0.2) is 71.9 Å². The first-order chi connectivity index (χ1) is 15.8. The van der Waals surface area contributed by atoms with Crippen LogP contribution in [0.4, 0.5) is 11.4 Å². The van der Waals surface area contributed by atoms with E-state index in [1.54, 1.807) is 24.3 Å². The monoisotopic (exact) mass is 469 g/mol. The quantitative estimate of drug-likeness (QED) is 0.479. The summed E-state index contributed by atoms with van der Waals surface area (Å²) in [5.74, 6) is -0.153. The molecule has 3 rings (SSSR count). The van der Waals surface area contributed by atoms with Crippen LogP contribution in [-0.2, 0) is 14.8 Å². The van der Waals surface area contributed by atoms with Crippen molar-refractivity contribution in [2.24, 2.45) is 0 Å². The second kappa shape index (κ2) is 10.1. The highest BCUT2D eigenvalue weighted by Gasteiger charge is 2.29. The predicted molar refractivity (Wildman–Crippen MR) is 123 cm³/mol. The third-order valence-electron chi connectivity index (χ3n) is 4.76. The highest BCUT2D eigenvalue weighted by atomic mass is 32.2. The summed E-state index contributed by atoms with van der Waals surface area (Å²) in [7, 11) is -1.34. The molecule has 0 fully saturated rings. The molecule has 2 aromatic carbocycles. The Kier molecular flexibility index (Phi) is 7.29. The third kappa shape index (κ3) is 5.29. The van der Waals surface area contributed by atoms with E-state index in [0.29, 0.717) is 17.0 Å². The second-order valence-electron chi connectivity index (χ2n) is 6.89. The maximum Gasteiger partial charge on any atom is 0.264 e. The minimum atomic E-state index is -4.20. The Morgan fingerprint density at radius 3 is 2.27 bits per heavy atom. The van der Waals surface area contributed by atoms with Gasteiger partial charge in [-0.1, -0.05) is 24.3 Å². The number of benzene rings is 2. The van der Waals surface area contributed by atoms with Crippen molar-refractivity contribution in [3.05, 3.63) is 72.6 Å². The van der Waals surface area contributed by atoms with Crippen molar-refractivity contribution < 1.29 is 27.5 Å². The van der Waals surface area contributed by atoms with Gasteiger partial charge in [0.05, 0.1) is 31.0 Å². The van der Waals surface area contributed by atoms with E-state index in [1.165, 1.54) is 63.9 Å². The first-order valence-corrected chi connectivity index (χ1v) is 11.3. The molecule has 1 amide bonds. The minimum absolute atomic E-state index is 0.0786. The van der Waals surface area contributed by atoms with Crippen LogP contribution in [0.5, 0.6) is 11.5 Å². The van der Waals surface area contributed by atoms with Gasteiger partial charge < -0.3 is 14.8 Å². The zero-order chi connectivity index (χ0) is 24.0. The average molecular weight is 470 g/mol. The number of carbonyl (C=O) groups is 2. The number of ether oxygens (including phenoxy) is 2. The molecule has 172 valence electrons. The molecule has 0 bridgehead atoms. The van der Waals surface area contributed by atoms with Crippen LogP contribution < -0.4 is 19.1 Å². The van der Waals surface area contributed by atoms with Gasteiger partial charge in [0.15, 0.2) is 5.78 Å². The Labute approximate surface area is 192 Å². The minimum Gasteiger partial charge on any atom is -0.495 e. The molecule has 0 radical (unpaired) electrons. The third-order valence-corrected chi connectivity index (χ3v) is 6.54. The fourth-order valence-corrected chi connectivity index (χ4v) is 4.53. The van der Waals surface area contributed by atoms with Gasteiger partial charge in [0.25, 0.3) is 10.0 Å². The molecule has 0 saturated carbocycles. The van der Waals surface area contributed by atoms with Gasteiger partial charge in [-0.3, -0.25) is 18.9 Å². The first-order valence-electron chi connectivity index (χ1n) is 9.82. The number of hydrogen-bond donors (Lipinski definition) is 1. The van der Waals surface area contributed by atoms with E-state index in [2.05, 4.69) is 10.3 Å². The van der Waals surface area contributed by atoms with Crippen molar-refractivity contribution in [1.29, 1.82) is 0 Å². The number of carbonyl (C=O) groups excluding carboxylic acids is 2. The van der Waals surface area contributed by atoms with E-state index in [1.807, 2.05) is 0 Å². The molecule has 0 atom stereocenters. The summed E-state index contributed by atoms with van der Waals surface area (Å²) in [4.78, 5) is 28.3. The van der Waals surface area contributed by atoms with Gasteiger partial charge in [0, 0.05) is 17.8 Å². The van der Waals surface area contributed by atoms with Gasteiger partial charge in [-0.2, -0.15) is 0 Å². The van der Waals surface area contributed by atoms with Crippen LogP contribution in [0.1, 0.15) is 17.3 Å². The number of rotatable bonds is 9. The lowest BCUT2D eigenvalue weighted by Gasteiger charge is -2.25. The van der Waals surface area contributed by atoms with Gasteiger partial charge in [-0.15, -0.1) is 0 Å². The SMILES string of the molecule is COc1ccncc1NC(=O)CN(c1ccccc1OC)S(=O)(=O)c1ccc(C(C)=O)cc1. The van der Waals surface area contributed by atoms with Gasteiger partial charge in [0.1, 0.15) is 23.7 Å². The van der Waals surface area contributed by atoms with Gasteiger partial charge in [-0.25, -0.2) is 8.42 Å². The normalized spacial score (nSPS) is 10.9. The zero-order valence-electron chi connectivity index (χ0n) is 18.3. The number of pyridine rings is 1. The molecule has 0 unspecified atom stereocenters.